The van der Waals surface area contributed by atoms with Crippen molar-refractivity contribution in [1.29, 1.82) is 0 Å². The Bertz CT molecular complexity index is 141. The molecule has 0 saturated heterocycles. The first kappa shape index (κ1) is 10.2. The number of hydrogen-bond donors (Lipinski definition) is 0. The highest BCUT2D eigenvalue weighted by atomic mass is 32.2. The number of hydrogen-bond acceptors (Lipinski definition) is 2. The second-order valence-corrected chi connectivity index (χ2v) is 4.42. The van der Waals surface area contributed by atoms with Gasteiger partial charge in [0, 0.05) is 6.26 Å². The SMILES string of the molecule is CCC/C=C(\SC)S(C)=O. The molecule has 0 bridgehead atoms. The van der Waals surface area contributed by atoms with Crippen LogP contribution in [-0.2, 0) is 10.8 Å². The minimum absolute atomic E-state index is 0.781. The standard InChI is InChI=1S/C7H14OS2/c1-4-5-6-7(9-2)10(3)8/h6H,4-5H2,1-3H3/b7-6+. The van der Waals surface area contributed by atoms with Gasteiger partial charge in [-0.3, -0.25) is 4.21 Å². The summed E-state index contributed by atoms with van der Waals surface area (Å²) in [5, 5.41) is 0. The van der Waals surface area contributed by atoms with Crippen molar-refractivity contribution in [3.05, 3.63) is 10.3 Å². The average molecular weight is 178 g/mol. The zero-order chi connectivity index (χ0) is 7.98. The minimum atomic E-state index is -0.781. The first-order chi connectivity index (χ1) is 4.72. The summed E-state index contributed by atoms with van der Waals surface area (Å²) in [4.78, 5) is 0. The topological polar surface area (TPSA) is 17.1 Å². The van der Waals surface area contributed by atoms with E-state index in [-0.39, 0.29) is 0 Å². The van der Waals surface area contributed by atoms with Crippen LogP contribution in [0.25, 0.3) is 0 Å². The van der Waals surface area contributed by atoms with Crippen molar-refractivity contribution < 1.29 is 4.21 Å². The molecule has 0 aromatic rings. The first-order valence-corrected chi connectivity index (χ1v) is 6.08. The van der Waals surface area contributed by atoms with Crippen molar-refractivity contribution in [3.63, 3.8) is 0 Å². The van der Waals surface area contributed by atoms with Crippen LogP contribution in [0.4, 0.5) is 0 Å². The lowest BCUT2D eigenvalue weighted by molar-refractivity contribution is 0.691. The molecule has 1 unspecified atom stereocenters. The van der Waals surface area contributed by atoms with E-state index in [9.17, 15) is 4.21 Å². The molecule has 1 atom stereocenters. The second kappa shape index (κ2) is 5.98. The van der Waals surface area contributed by atoms with Crippen molar-refractivity contribution in [1.82, 2.24) is 0 Å². The van der Waals surface area contributed by atoms with Crippen molar-refractivity contribution in [2.45, 2.75) is 19.8 Å². The molecule has 1 nitrogen and oxygen atoms in total. The van der Waals surface area contributed by atoms with Gasteiger partial charge in [-0.25, -0.2) is 0 Å². The van der Waals surface area contributed by atoms with E-state index in [2.05, 4.69) is 13.0 Å². The third kappa shape index (κ3) is 4.12. The Kier molecular flexibility index (Phi) is 6.13. The molecule has 0 spiro atoms. The Labute approximate surface area is 69.7 Å². The molecule has 0 aliphatic carbocycles. The van der Waals surface area contributed by atoms with Crippen LogP contribution in [0.1, 0.15) is 19.8 Å². The molecule has 0 aliphatic heterocycles. The van der Waals surface area contributed by atoms with E-state index in [0.29, 0.717) is 0 Å². The summed E-state index contributed by atoms with van der Waals surface area (Å²) in [6.45, 7) is 2.12. The molecular weight excluding hydrogens is 164 g/mol. The summed E-state index contributed by atoms with van der Waals surface area (Å²) in [6, 6.07) is 0. The molecule has 0 heterocycles. The summed E-state index contributed by atoms with van der Waals surface area (Å²) < 4.78 is 11.9. The Morgan fingerprint density at radius 2 is 2.30 bits per heavy atom. The normalized spacial score (nSPS) is 15.3. The van der Waals surface area contributed by atoms with Crippen LogP contribution in [0.2, 0.25) is 0 Å². The predicted molar refractivity (Wildman–Crippen MR) is 50.6 cm³/mol. The van der Waals surface area contributed by atoms with Crippen molar-refractivity contribution >= 4 is 22.6 Å². The van der Waals surface area contributed by atoms with E-state index in [0.717, 1.165) is 17.1 Å². The van der Waals surface area contributed by atoms with Gasteiger partial charge in [0.2, 0.25) is 0 Å². The quantitative estimate of drug-likeness (QED) is 0.657. The van der Waals surface area contributed by atoms with Gasteiger partial charge < -0.3 is 0 Å². The van der Waals surface area contributed by atoms with Crippen LogP contribution in [-0.4, -0.2) is 16.7 Å². The third-order valence-electron chi connectivity index (χ3n) is 1.08. The van der Waals surface area contributed by atoms with Crippen LogP contribution in [0.5, 0.6) is 0 Å². The molecular formula is C7H14OS2. The first-order valence-electron chi connectivity index (χ1n) is 3.30. The molecule has 0 fully saturated rings. The lowest BCUT2D eigenvalue weighted by atomic mass is 10.3. The lowest BCUT2D eigenvalue weighted by Gasteiger charge is -1.96. The maximum absolute atomic E-state index is 10.9. The molecule has 0 amide bonds. The van der Waals surface area contributed by atoms with E-state index >= 15 is 0 Å². The predicted octanol–water partition coefficient (Wildman–Crippen LogP) is 2.37. The summed E-state index contributed by atoms with van der Waals surface area (Å²) in [5.41, 5.74) is 0. The fraction of sp³-hybridized carbons (Fsp3) is 0.714. The van der Waals surface area contributed by atoms with Gasteiger partial charge in [0.25, 0.3) is 0 Å². The second-order valence-electron chi connectivity index (χ2n) is 1.97. The molecule has 0 saturated carbocycles. The van der Waals surface area contributed by atoms with Crippen LogP contribution >= 0.6 is 11.8 Å². The fourth-order valence-electron chi connectivity index (χ4n) is 0.580. The Morgan fingerprint density at radius 1 is 1.70 bits per heavy atom. The van der Waals surface area contributed by atoms with E-state index in [1.165, 1.54) is 0 Å². The number of unbranched alkanes of at least 4 members (excludes halogenated alkanes) is 1. The highest BCUT2D eigenvalue weighted by Crippen LogP contribution is 2.15. The van der Waals surface area contributed by atoms with E-state index in [1.807, 2.05) is 6.26 Å². The average Bonchev–Trinajstić information content (AvgIpc) is 1.89. The van der Waals surface area contributed by atoms with Gasteiger partial charge in [-0.2, -0.15) is 0 Å². The fourth-order valence-corrected chi connectivity index (χ4v) is 2.16. The molecule has 0 aromatic carbocycles. The summed E-state index contributed by atoms with van der Waals surface area (Å²) in [7, 11) is -0.781. The highest BCUT2D eigenvalue weighted by molar-refractivity contribution is 8.15. The van der Waals surface area contributed by atoms with Crippen LogP contribution in [0.3, 0.4) is 0 Å². The maximum Gasteiger partial charge on any atom is 0.0670 e. The number of rotatable bonds is 4. The highest BCUT2D eigenvalue weighted by Gasteiger charge is 1.96. The van der Waals surface area contributed by atoms with Gasteiger partial charge in [-0.05, 0) is 12.7 Å². The van der Waals surface area contributed by atoms with Crippen molar-refractivity contribution in [3.8, 4) is 0 Å². The maximum atomic E-state index is 10.9. The largest absolute Gasteiger partial charge is 0.254 e. The number of allylic oxidation sites excluding steroid dienone is 1. The summed E-state index contributed by atoms with van der Waals surface area (Å²) in [6.07, 6.45) is 7.90. The smallest absolute Gasteiger partial charge is 0.0670 e. The summed E-state index contributed by atoms with van der Waals surface area (Å²) in [5.74, 6) is 0. The van der Waals surface area contributed by atoms with Crippen LogP contribution < -0.4 is 0 Å². The molecule has 60 valence electrons. The van der Waals surface area contributed by atoms with Gasteiger partial charge in [-0.1, -0.05) is 19.4 Å². The molecule has 0 rings (SSSR count). The van der Waals surface area contributed by atoms with Crippen molar-refractivity contribution in [2.24, 2.45) is 0 Å². The zero-order valence-corrected chi connectivity index (χ0v) is 8.35. The zero-order valence-electron chi connectivity index (χ0n) is 6.72. The molecule has 10 heavy (non-hydrogen) atoms. The van der Waals surface area contributed by atoms with Gasteiger partial charge >= 0.3 is 0 Å². The summed E-state index contributed by atoms with van der Waals surface area (Å²) >= 11 is 1.58. The molecule has 0 aliphatic rings. The van der Waals surface area contributed by atoms with Gasteiger partial charge in [-0.15, -0.1) is 11.8 Å². The Hall–Kier alpha value is 0.240. The monoisotopic (exact) mass is 178 g/mol. The lowest BCUT2D eigenvalue weighted by Crippen LogP contribution is -1.85. The number of thioether (sulfide) groups is 1. The van der Waals surface area contributed by atoms with E-state index in [4.69, 9.17) is 0 Å². The van der Waals surface area contributed by atoms with E-state index < -0.39 is 10.8 Å². The van der Waals surface area contributed by atoms with Crippen LogP contribution in [0, 0.1) is 0 Å². The minimum Gasteiger partial charge on any atom is -0.254 e. The molecule has 0 aromatic heterocycles. The molecule has 0 N–H and O–H groups in total. The van der Waals surface area contributed by atoms with Gasteiger partial charge in [0.15, 0.2) is 0 Å². The van der Waals surface area contributed by atoms with E-state index in [1.54, 1.807) is 18.0 Å². The van der Waals surface area contributed by atoms with Gasteiger partial charge in [0.05, 0.1) is 15.0 Å². The molecule has 0 radical (unpaired) electrons. The molecule has 3 heteroatoms. The van der Waals surface area contributed by atoms with Gasteiger partial charge in [0.1, 0.15) is 0 Å². The van der Waals surface area contributed by atoms with Crippen LogP contribution in [0.15, 0.2) is 10.3 Å². The third-order valence-corrected chi connectivity index (χ3v) is 3.59. The Morgan fingerprint density at radius 3 is 2.60 bits per heavy atom. The van der Waals surface area contributed by atoms with Crippen molar-refractivity contribution in [2.75, 3.05) is 12.5 Å². The Balaban J connectivity index is 3.91.